The molecule has 3 rings (SSSR count). The number of benzene rings is 1. The summed E-state index contributed by atoms with van der Waals surface area (Å²) in [4.78, 5) is 15.2. The molecular formula is C19H23NO2S. The maximum absolute atomic E-state index is 11.8. The van der Waals surface area contributed by atoms with Gasteiger partial charge in [0.25, 0.3) is 0 Å². The molecule has 1 fully saturated rings. The molecule has 1 aliphatic rings. The first-order chi connectivity index (χ1) is 11.1. The monoisotopic (exact) mass is 329 g/mol. The van der Waals surface area contributed by atoms with Crippen LogP contribution in [0.4, 0.5) is 0 Å². The number of aliphatic carboxylic acids is 1. The van der Waals surface area contributed by atoms with Crippen LogP contribution in [0.25, 0.3) is 0 Å². The van der Waals surface area contributed by atoms with E-state index in [1.807, 2.05) is 0 Å². The van der Waals surface area contributed by atoms with Crippen LogP contribution in [0.3, 0.4) is 0 Å². The Hall–Kier alpha value is -1.65. The molecule has 0 aliphatic carbocycles. The molecule has 2 unspecified atom stereocenters. The van der Waals surface area contributed by atoms with Crippen LogP contribution >= 0.6 is 11.3 Å². The minimum Gasteiger partial charge on any atom is -0.480 e. The van der Waals surface area contributed by atoms with E-state index in [9.17, 15) is 9.90 Å². The quantitative estimate of drug-likeness (QED) is 0.904. The number of aryl methyl sites for hydroxylation is 2. The van der Waals surface area contributed by atoms with Crippen molar-refractivity contribution in [3.8, 4) is 0 Å². The first-order valence-corrected chi connectivity index (χ1v) is 9.04. The van der Waals surface area contributed by atoms with Crippen LogP contribution in [0.5, 0.6) is 0 Å². The number of hydrogen-bond donors (Lipinski definition) is 1. The number of rotatable bonds is 4. The molecule has 2 aromatic rings. The molecule has 0 bridgehead atoms. The molecule has 2 atom stereocenters. The van der Waals surface area contributed by atoms with E-state index < -0.39 is 12.0 Å². The molecule has 2 heterocycles. The first kappa shape index (κ1) is 16.2. The Morgan fingerprint density at radius 1 is 1.26 bits per heavy atom. The van der Waals surface area contributed by atoms with Crippen molar-refractivity contribution in [3.05, 3.63) is 57.3 Å². The van der Waals surface area contributed by atoms with Crippen LogP contribution in [0.2, 0.25) is 0 Å². The molecule has 3 nitrogen and oxygen atoms in total. The summed E-state index contributed by atoms with van der Waals surface area (Å²) in [5, 5.41) is 11.8. The highest BCUT2D eigenvalue weighted by Gasteiger charge is 2.35. The van der Waals surface area contributed by atoms with Gasteiger partial charge >= 0.3 is 5.97 Å². The van der Waals surface area contributed by atoms with E-state index in [0.717, 1.165) is 25.8 Å². The van der Waals surface area contributed by atoms with Gasteiger partial charge in [0.1, 0.15) is 6.04 Å². The van der Waals surface area contributed by atoms with Crippen LogP contribution in [0, 0.1) is 13.8 Å². The summed E-state index contributed by atoms with van der Waals surface area (Å²) < 4.78 is 0. The molecule has 0 radical (unpaired) electrons. The van der Waals surface area contributed by atoms with E-state index >= 15 is 0 Å². The standard InChI is InChI=1S/C19H23NO2S/c1-13-6-5-7-15(10-13)18(17-11-14(2)12-23-17)20-9-4-3-8-16(20)19(21)22/h5-7,10-12,16,18H,3-4,8-9H2,1-2H3,(H,21,22). The summed E-state index contributed by atoms with van der Waals surface area (Å²) in [7, 11) is 0. The van der Waals surface area contributed by atoms with Gasteiger partial charge < -0.3 is 5.11 Å². The third kappa shape index (κ3) is 3.48. The second-order valence-electron chi connectivity index (χ2n) is 6.43. The minimum absolute atomic E-state index is 0.0370. The van der Waals surface area contributed by atoms with Crippen molar-refractivity contribution in [2.24, 2.45) is 0 Å². The summed E-state index contributed by atoms with van der Waals surface area (Å²) in [6.45, 7) is 5.02. The van der Waals surface area contributed by atoms with Crippen molar-refractivity contribution < 1.29 is 9.90 Å². The molecule has 0 amide bonds. The zero-order valence-electron chi connectivity index (χ0n) is 13.7. The number of carboxylic acids is 1. The molecule has 1 aromatic heterocycles. The number of carboxylic acid groups (broad SMARTS) is 1. The second kappa shape index (κ2) is 6.85. The Morgan fingerprint density at radius 3 is 2.74 bits per heavy atom. The van der Waals surface area contributed by atoms with E-state index in [4.69, 9.17) is 0 Å². The van der Waals surface area contributed by atoms with Crippen molar-refractivity contribution in [2.45, 2.75) is 45.2 Å². The fraction of sp³-hybridized carbons (Fsp3) is 0.421. The van der Waals surface area contributed by atoms with Crippen LogP contribution in [-0.2, 0) is 4.79 Å². The summed E-state index contributed by atoms with van der Waals surface area (Å²) in [5.41, 5.74) is 3.65. The molecule has 23 heavy (non-hydrogen) atoms. The largest absolute Gasteiger partial charge is 0.480 e. The topological polar surface area (TPSA) is 40.5 Å². The van der Waals surface area contributed by atoms with Gasteiger partial charge in [0, 0.05) is 4.88 Å². The van der Waals surface area contributed by atoms with Crippen LogP contribution < -0.4 is 0 Å². The van der Waals surface area contributed by atoms with Crippen molar-refractivity contribution in [1.29, 1.82) is 0 Å². The highest BCUT2D eigenvalue weighted by Crippen LogP contribution is 2.37. The Labute approximate surface area is 141 Å². The molecule has 1 saturated heterocycles. The van der Waals surface area contributed by atoms with E-state index in [-0.39, 0.29) is 6.04 Å². The van der Waals surface area contributed by atoms with Gasteiger partial charge in [-0.25, -0.2) is 0 Å². The number of nitrogens with zero attached hydrogens (tertiary/aromatic N) is 1. The lowest BCUT2D eigenvalue weighted by molar-refractivity contribution is -0.145. The van der Waals surface area contributed by atoms with Gasteiger partial charge in [0.2, 0.25) is 0 Å². The molecule has 0 spiro atoms. The highest BCUT2D eigenvalue weighted by atomic mass is 32.1. The van der Waals surface area contributed by atoms with Crippen molar-refractivity contribution in [3.63, 3.8) is 0 Å². The molecule has 1 N–H and O–H groups in total. The second-order valence-corrected chi connectivity index (χ2v) is 7.37. The minimum atomic E-state index is -0.698. The Morgan fingerprint density at radius 2 is 2.09 bits per heavy atom. The number of thiophene rings is 1. The third-order valence-electron chi connectivity index (χ3n) is 4.54. The van der Waals surface area contributed by atoms with Crippen molar-refractivity contribution in [1.82, 2.24) is 4.90 Å². The van der Waals surface area contributed by atoms with Gasteiger partial charge in [-0.05, 0) is 55.8 Å². The molecule has 4 heteroatoms. The summed E-state index contributed by atoms with van der Waals surface area (Å²) >= 11 is 1.73. The zero-order chi connectivity index (χ0) is 16.4. The van der Waals surface area contributed by atoms with E-state index in [1.54, 1.807) is 11.3 Å². The predicted octanol–water partition coefficient (Wildman–Crippen LogP) is 4.39. The number of likely N-dealkylation sites (tertiary alicyclic amines) is 1. The van der Waals surface area contributed by atoms with E-state index in [1.165, 1.54) is 21.6 Å². The lowest BCUT2D eigenvalue weighted by Crippen LogP contribution is -2.46. The lowest BCUT2D eigenvalue weighted by atomic mass is 9.94. The van der Waals surface area contributed by atoms with Gasteiger partial charge in [0.05, 0.1) is 6.04 Å². The normalized spacial score (nSPS) is 20.3. The SMILES string of the molecule is Cc1cccc(C(c2cc(C)cs2)N2CCCCC2C(=O)O)c1. The van der Waals surface area contributed by atoms with E-state index in [0.29, 0.717) is 0 Å². The van der Waals surface area contributed by atoms with Crippen LogP contribution in [0.1, 0.15) is 46.9 Å². The van der Waals surface area contributed by atoms with Gasteiger partial charge in [-0.2, -0.15) is 0 Å². The van der Waals surface area contributed by atoms with Crippen LogP contribution in [-0.4, -0.2) is 28.6 Å². The molecule has 0 saturated carbocycles. The third-order valence-corrected chi connectivity index (χ3v) is 5.64. The predicted molar refractivity (Wildman–Crippen MR) is 94.1 cm³/mol. The maximum Gasteiger partial charge on any atom is 0.320 e. The van der Waals surface area contributed by atoms with Gasteiger partial charge in [0.15, 0.2) is 0 Å². The number of piperidine rings is 1. The van der Waals surface area contributed by atoms with E-state index in [2.05, 4.69) is 54.5 Å². The van der Waals surface area contributed by atoms with Crippen molar-refractivity contribution >= 4 is 17.3 Å². The number of carbonyl (C=O) groups is 1. The Kier molecular flexibility index (Phi) is 4.83. The lowest BCUT2D eigenvalue weighted by Gasteiger charge is -2.39. The fourth-order valence-electron chi connectivity index (χ4n) is 3.48. The molecule has 122 valence electrons. The van der Waals surface area contributed by atoms with Crippen molar-refractivity contribution in [2.75, 3.05) is 6.54 Å². The molecule has 1 aromatic carbocycles. The van der Waals surface area contributed by atoms with Crippen LogP contribution in [0.15, 0.2) is 35.7 Å². The number of hydrogen-bond acceptors (Lipinski definition) is 3. The Bertz CT molecular complexity index is 694. The first-order valence-electron chi connectivity index (χ1n) is 8.16. The summed E-state index contributed by atoms with van der Waals surface area (Å²) in [5.74, 6) is -0.698. The molecular weight excluding hydrogens is 306 g/mol. The average Bonchev–Trinajstić information content (AvgIpc) is 2.94. The van der Waals surface area contributed by atoms with Gasteiger partial charge in [-0.1, -0.05) is 36.2 Å². The zero-order valence-corrected chi connectivity index (χ0v) is 14.5. The fourth-order valence-corrected chi connectivity index (χ4v) is 4.53. The highest BCUT2D eigenvalue weighted by molar-refractivity contribution is 7.10. The summed E-state index contributed by atoms with van der Waals surface area (Å²) in [6.07, 6.45) is 2.80. The summed E-state index contributed by atoms with van der Waals surface area (Å²) in [6, 6.07) is 10.3. The van der Waals surface area contributed by atoms with Gasteiger partial charge in [-0.15, -0.1) is 11.3 Å². The maximum atomic E-state index is 11.8. The average molecular weight is 329 g/mol. The Balaban J connectivity index is 2.05. The van der Waals surface area contributed by atoms with Gasteiger partial charge in [-0.3, -0.25) is 9.69 Å². The molecule has 1 aliphatic heterocycles. The smallest absolute Gasteiger partial charge is 0.320 e.